The molecule has 0 atom stereocenters. The molecule has 0 heterocycles. The van der Waals surface area contributed by atoms with E-state index in [-0.39, 0.29) is 0 Å². The van der Waals surface area contributed by atoms with Gasteiger partial charge in [0.2, 0.25) is 0 Å². The minimum Gasteiger partial charge on any atom is -0.457 e. The lowest BCUT2D eigenvalue weighted by Gasteiger charge is -2.11. The maximum absolute atomic E-state index is 6.27. The van der Waals surface area contributed by atoms with Crippen molar-refractivity contribution in [2.24, 2.45) is 0 Å². The lowest BCUT2D eigenvalue weighted by atomic mass is 10.2. The molecular weight excluding hydrogens is 338 g/mol. The summed E-state index contributed by atoms with van der Waals surface area (Å²) < 4.78 is 6.92. The summed E-state index contributed by atoms with van der Waals surface area (Å²) in [6.07, 6.45) is 0. The van der Waals surface area contributed by atoms with Crippen LogP contribution in [0.5, 0.6) is 11.5 Å². The van der Waals surface area contributed by atoms with Crippen molar-refractivity contribution in [1.82, 2.24) is 5.32 Å². The highest BCUT2D eigenvalue weighted by molar-refractivity contribution is 9.10. The van der Waals surface area contributed by atoms with Gasteiger partial charge in [-0.3, -0.25) is 0 Å². The van der Waals surface area contributed by atoms with Gasteiger partial charge < -0.3 is 10.1 Å². The highest BCUT2D eigenvalue weighted by atomic mass is 79.9. The van der Waals surface area contributed by atoms with Crippen LogP contribution in [0.25, 0.3) is 0 Å². The second-order valence-electron chi connectivity index (χ2n) is 4.55. The Morgan fingerprint density at radius 2 is 2.00 bits per heavy atom. The number of nitrogens with one attached hydrogen (secondary N) is 1. The van der Waals surface area contributed by atoms with Crippen LogP contribution in [0.2, 0.25) is 5.02 Å². The SMILES string of the molecule is CCNCc1ccc(Oc2ccc(Br)cc2C)cc1Cl. The molecule has 1 N–H and O–H groups in total. The highest BCUT2D eigenvalue weighted by Gasteiger charge is 2.05. The van der Waals surface area contributed by atoms with Crippen molar-refractivity contribution < 1.29 is 4.74 Å². The fourth-order valence-corrected chi connectivity index (χ4v) is 2.56. The summed E-state index contributed by atoms with van der Waals surface area (Å²) in [6, 6.07) is 11.7. The summed E-state index contributed by atoms with van der Waals surface area (Å²) in [5.41, 5.74) is 2.15. The zero-order valence-corrected chi connectivity index (χ0v) is 13.9. The second-order valence-corrected chi connectivity index (χ2v) is 5.87. The van der Waals surface area contributed by atoms with Gasteiger partial charge in [0, 0.05) is 16.0 Å². The van der Waals surface area contributed by atoms with Gasteiger partial charge in [0.25, 0.3) is 0 Å². The van der Waals surface area contributed by atoms with Crippen LogP contribution in [0.4, 0.5) is 0 Å². The van der Waals surface area contributed by atoms with E-state index in [0.29, 0.717) is 0 Å². The van der Waals surface area contributed by atoms with Crippen LogP contribution in [-0.2, 0) is 6.54 Å². The van der Waals surface area contributed by atoms with Gasteiger partial charge in [0.1, 0.15) is 11.5 Å². The third-order valence-corrected chi connectivity index (χ3v) is 3.80. The molecule has 2 rings (SSSR count). The third kappa shape index (κ3) is 3.98. The van der Waals surface area contributed by atoms with E-state index >= 15 is 0 Å². The maximum atomic E-state index is 6.27. The fourth-order valence-electron chi connectivity index (χ4n) is 1.85. The Balaban J connectivity index is 2.15. The first kappa shape index (κ1) is 15.4. The van der Waals surface area contributed by atoms with Crippen molar-refractivity contribution in [3.63, 3.8) is 0 Å². The molecule has 2 aromatic rings. The van der Waals surface area contributed by atoms with Crippen LogP contribution in [0.15, 0.2) is 40.9 Å². The van der Waals surface area contributed by atoms with Gasteiger partial charge >= 0.3 is 0 Å². The molecule has 20 heavy (non-hydrogen) atoms. The predicted octanol–water partition coefficient (Wildman–Crippen LogP) is 5.31. The molecule has 0 saturated heterocycles. The average Bonchev–Trinajstić information content (AvgIpc) is 2.41. The molecule has 0 unspecified atom stereocenters. The average molecular weight is 355 g/mol. The van der Waals surface area contributed by atoms with Crippen molar-refractivity contribution >= 4 is 27.5 Å². The quantitative estimate of drug-likeness (QED) is 0.785. The zero-order chi connectivity index (χ0) is 14.5. The van der Waals surface area contributed by atoms with Crippen molar-refractivity contribution in [3.05, 3.63) is 57.0 Å². The Labute approximate surface area is 133 Å². The van der Waals surface area contributed by atoms with Gasteiger partial charge in [0.05, 0.1) is 0 Å². The summed E-state index contributed by atoms with van der Waals surface area (Å²) in [7, 11) is 0. The molecule has 0 spiro atoms. The Morgan fingerprint density at radius 1 is 1.20 bits per heavy atom. The van der Waals surface area contributed by atoms with E-state index < -0.39 is 0 Å². The fraction of sp³-hybridized carbons (Fsp3) is 0.250. The Bertz CT molecular complexity index is 601. The molecule has 0 aromatic heterocycles. The zero-order valence-electron chi connectivity index (χ0n) is 11.5. The molecule has 0 amide bonds. The van der Waals surface area contributed by atoms with E-state index in [1.165, 1.54) is 0 Å². The normalized spacial score (nSPS) is 10.6. The first-order valence-electron chi connectivity index (χ1n) is 6.53. The standard InChI is InChI=1S/C16H17BrClNO/c1-3-19-10-12-4-6-14(9-15(12)18)20-16-7-5-13(17)8-11(16)2/h4-9,19H,3,10H2,1-2H3. The number of ether oxygens (including phenoxy) is 1. The number of rotatable bonds is 5. The monoisotopic (exact) mass is 353 g/mol. The molecule has 2 aromatic carbocycles. The molecule has 2 nitrogen and oxygen atoms in total. The number of hydrogen-bond acceptors (Lipinski definition) is 2. The topological polar surface area (TPSA) is 21.3 Å². The molecule has 4 heteroatoms. The molecule has 0 aliphatic rings. The van der Waals surface area contributed by atoms with Crippen molar-refractivity contribution in [2.75, 3.05) is 6.54 Å². The van der Waals surface area contributed by atoms with Gasteiger partial charge in [-0.2, -0.15) is 0 Å². The largest absolute Gasteiger partial charge is 0.457 e. The minimum absolute atomic E-state index is 0.721. The van der Waals surface area contributed by atoms with Crippen molar-refractivity contribution in [1.29, 1.82) is 0 Å². The number of aryl methyl sites for hydroxylation is 1. The Hall–Kier alpha value is -1.03. The third-order valence-electron chi connectivity index (χ3n) is 2.95. The summed E-state index contributed by atoms with van der Waals surface area (Å²) in [5, 5.41) is 3.98. The van der Waals surface area contributed by atoms with E-state index in [1.807, 2.05) is 43.3 Å². The molecule has 106 valence electrons. The van der Waals surface area contributed by atoms with Gasteiger partial charge in [0.15, 0.2) is 0 Å². The first-order chi connectivity index (χ1) is 9.60. The molecule has 0 aliphatic heterocycles. The number of benzene rings is 2. The van der Waals surface area contributed by atoms with Gasteiger partial charge in [-0.25, -0.2) is 0 Å². The first-order valence-corrected chi connectivity index (χ1v) is 7.70. The predicted molar refractivity (Wildman–Crippen MR) is 87.8 cm³/mol. The van der Waals surface area contributed by atoms with Crippen LogP contribution in [0, 0.1) is 6.92 Å². The Kier molecular flexibility index (Phi) is 5.46. The lowest BCUT2D eigenvalue weighted by Crippen LogP contribution is -2.11. The van der Waals surface area contributed by atoms with Crippen molar-refractivity contribution in [3.8, 4) is 11.5 Å². The molecule has 0 radical (unpaired) electrons. The summed E-state index contributed by atoms with van der Waals surface area (Å²) >= 11 is 9.71. The molecule has 0 fully saturated rings. The summed E-state index contributed by atoms with van der Waals surface area (Å²) in [4.78, 5) is 0. The smallest absolute Gasteiger partial charge is 0.130 e. The van der Waals surface area contributed by atoms with Crippen LogP contribution in [0.3, 0.4) is 0 Å². The van der Waals surface area contributed by atoms with E-state index in [2.05, 4.69) is 28.2 Å². The van der Waals surface area contributed by atoms with Gasteiger partial charge in [-0.05, 0) is 54.9 Å². The highest BCUT2D eigenvalue weighted by Crippen LogP contribution is 2.30. The van der Waals surface area contributed by atoms with E-state index in [0.717, 1.165) is 45.2 Å². The van der Waals surface area contributed by atoms with Crippen LogP contribution >= 0.6 is 27.5 Å². The molecular formula is C16H17BrClNO. The van der Waals surface area contributed by atoms with Crippen LogP contribution in [-0.4, -0.2) is 6.54 Å². The van der Waals surface area contributed by atoms with Crippen molar-refractivity contribution in [2.45, 2.75) is 20.4 Å². The molecule has 0 saturated carbocycles. The maximum Gasteiger partial charge on any atom is 0.130 e. The van der Waals surface area contributed by atoms with Crippen LogP contribution in [0.1, 0.15) is 18.1 Å². The Morgan fingerprint density at radius 3 is 2.65 bits per heavy atom. The molecule has 0 aliphatic carbocycles. The minimum atomic E-state index is 0.721. The van der Waals surface area contributed by atoms with Gasteiger partial charge in [-0.15, -0.1) is 0 Å². The number of hydrogen-bond donors (Lipinski definition) is 1. The van der Waals surface area contributed by atoms with E-state index in [4.69, 9.17) is 16.3 Å². The number of halogens is 2. The van der Waals surface area contributed by atoms with Crippen LogP contribution < -0.4 is 10.1 Å². The summed E-state index contributed by atoms with van der Waals surface area (Å²) in [6.45, 7) is 5.78. The lowest BCUT2D eigenvalue weighted by molar-refractivity contribution is 0.478. The second kappa shape index (κ2) is 7.11. The molecule has 0 bridgehead atoms. The van der Waals surface area contributed by atoms with E-state index in [9.17, 15) is 0 Å². The van der Waals surface area contributed by atoms with Gasteiger partial charge in [-0.1, -0.05) is 40.5 Å². The van der Waals surface area contributed by atoms with E-state index in [1.54, 1.807) is 0 Å². The summed E-state index contributed by atoms with van der Waals surface area (Å²) in [5.74, 6) is 1.59.